The second-order valence-electron chi connectivity index (χ2n) is 3.59. The standard InChI is InChI=1S/C11H21NO2/c1-6-8-9(3)11(13)14-10(7-2)12(4)5/h10H,3,6-8H2,1-2,4-5H3. The minimum Gasteiger partial charge on any atom is -0.443 e. The average Bonchev–Trinajstić information content (AvgIpc) is 2.13. The number of hydrogen-bond acceptors (Lipinski definition) is 3. The molecule has 0 aromatic rings. The number of carbonyl (C=O) groups is 1. The van der Waals surface area contributed by atoms with Gasteiger partial charge in [0.15, 0.2) is 6.23 Å². The van der Waals surface area contributed by atoms with Crippen LogP contribution in [-0.4, -0.2) is 31.2 Å². The van der Waals surface area contributed by atoms with E-state index in [0.717, 1.165) is 12.8 Å². The van der Waals surface area contributed by atoms with Gasteiger partial charge in [-0.25, -0.2) is 4.79 Å². The average molecular weight is 199 g/mol. The summed E-state index contributed by atoms with van der Waals surface area (Å²) >= 11 is 0. The molecule has 3 heteroatoms. The van der Waals surface area contributed by atoms with Crippen molar-refractivity contribution in [3.05, 3.63) is 12.2 Å². The monoisotopic (exact) mass is 199 g/mol. The SMILES string of the molecule is C=C(CCC)C(=O)OC(CC)N(C)C. The first-order valence-electron chi connectivity index (χ1n) is 5.08. The summed E-state index contributed by atoms with van der Waals surface area (Å²) in [5.74, 6) is -0.271. The van der Waals surface area contributed by atoms with Crippen molar-refractivity contribution < 1.29 is 9.53 Å². The van der Waals surface area contributed by atoms with Gasteiger partial charge in [-0.05, 0) is 26.9 Å². The highest BCUT2D eigenvalue weighted by molar-refractivity contribution is 5.87. The third-order valence-electron chi connectivity index (χ3n) is 2.01. The Labute approximate surface area is 86.7 Å². The number of hydrogen-bond donors (Lipinski definition) is 0. The van der Waals surface area contributed by atoms with E-state index in [2.05, 4.69) is 6.58 Å². The van der Waals surface area contributed by atoms with Gasteiger partial charge < -0.3 is 4.74 Å². The Morgan fingerprint density at radius 3 is 2.36 bits per heavy atom. The van der Waals surface area contributed by atoms with E-state index in [1.807, 2.05) is 32.8 Å². The van der Waals surface area contributed by atoms with Gasteiger partial charge in [0, 0.05) is 5.57 Å². The largest absolute Gasteiger partial charge is 0.443 e. The van der Waals surface area contributed by atoms with Crippen LogP contribution in [0.25, 0.3) is 0 Å². The minimum atomic E-state index is -0.271. The van der Waals surface area contributed by atoms with Crippen LogP contribution in [0, 0.1) is 0 Å². The summed E-state index contributed by atoms with van der Waals surface area (Å²) in [6.45, 7) is 7.70. The van der Waals surface area contributed by atoms with E-state index in [1.54, 1.807) is 0 Å². The lowest BCUT2D eigenvalue weighted by Crippen LogP contribution is -2.32. The fourth-order valence-corrected chi connectivity index (χ4v) is 1.16. The van der Waals surface area contributed by atoms with Gasteiger partial charge in [0.1, 0.15) is 0 Å². The summed E-state index contributed by atoms with van der Waals surface area (Å²) in [7, 11) is 3.79. The molecule has 0 bridgehead atoms. The topological polar surface area (TPSA) is 29.5 Å². The predicted octanol–water partition coefficient (Wildman–Crippen LogP) is 2.18. The van der Waals surface area contributed by atoms with Crippen molar-refractivity contribution in [1.82, 2.24) is 4.90 Å². The van der Waals surface area contributed by atoms with E-state index in [9.17, 15) is 4.79 Å². The lowest BCUT2D eigenvalue weighted by Gasteiger charge is -2.23. The molecule has 0 aromatic heterocycles. The highest BCUT2D eigenvalue weighted by atomic mass is 16.6. The summed E-state index contributed by atoms with van der Waals surface area (Å²) in [4.78, 5) is 13.3. The summed E-state index contributed by atoms with van der Waals surface area (Å²) in [5, 5.41) is 0. The molecular weight excluding hydrogens is 178 g/mol. The van der Waals surface area contributed by atoms with Crippen LogP contribution in [0.3, 0.4) is 0 Å². The highest BCUT2D eigenvalue weighted by Gasteiger charge is 2.15. The fourth-order valence-electron chi connectivity index (χ4n) is 1.16. The summed E-state index contributed by atoms with van der Waals surface area (Å²) in [5.41, 5.74) is 0.563. The highest BCUT2D eigenvalue weighted by Crippen LogP contribution is 2.09. The van der Waals surface area contributed by atoms with Crippen molar-refractivity contribution in [3.63, 3.8) is 0 Å². The van der Waals surface area contributed by atoms with Crippen LogP contribution in [0.5, 0.6) is 0 Å². The van der Waals surface area contributed by atoms with E-state index < -0.39 is 0 Å². The molecule has 0 rings (SSSR count). The van der Waals surface area contributed by atoms with Crippen LogP contribution in [0.1, 0.15) is 33.1 Å². The lowest BCUT2D eigenvalue weighted by atomic mass is 10.2. The molecule has 0 saturated heterocycles. The Hall–Kier alpha value is -0.830. The quantitative estimate of drug-likeness (QED) is 0.373. The number of esters is 1. The molecule has 1 unspecified atom stereocenters. The fraction of sp³-hybridized carbons (Fsp3) is 0.727. The molecule has 3 nitrogen and oxygen atoms in total. The third-order valence-corrected chi connectivity index (χ3v) is 2.01. The second-order valence-corrected chi connectivity index (χ2v) is 3.59. The molecular formula is C11H21NO2. The van der Waals surface area contributed by atoms with Gasteiger partial charge in [-0.3, -0.25) is 4.90 Å². The molecule has 1 atom stereocenters. The molecule has 0 aromatic carbocycles. The molecule has 0 aliphatic rings. The maximum absolute atomic E-state index is 11.5. The Morgan fingerprint density at radius 1 is 1.43 bits per heavy atom. The summed E-state index contributed by atoms with van der Waals surface area (Å²) < 4.78 is 5.26. The number of nitrogens with zero attached hydrogens (tertiary/aromatic N) is 1. The van der Waals surface area contributed by atoms with Gasteiger partial charge in [0.25, 0.3) is 0 Å². The van der Waals surface area contributed by atoms with Crippen molar-refractivity contribution in [2.75, 3.05) is 14.1 Å². The molecule has 0 spiro atoms. The molecule has 0 aliphatic heterocycles. The first kappa shape index (κ1) is 13.2. The molecule has 14 heavy (non-hydrogen) atoms. The van der Waals surface area contributed by atoms with Gasteiger partial charge >= 0.3 is 5.97 Å². The molecule has 82 valence electrons. The van der Waals surface area contributed by atoms with Crippen molar-refractivity contribution >= 4 is 5.97 Å². The summed E-state index contributed by atoms with van der Waals surface area (Å²) in [6, 6.07) is 0. The van der Waals surface area contributed by atoms with E-state index in [1.165, 1.54) is 0 Å². The minimum absolute atomic E-state index is 0.142. The zero-order chi connectivity index (χ0) is 11.1. The van der Waals surface area contributed by atoms with E-state index in [0.29, 0.717) is 12.0 Å². The summed E-state index contributed by atoms with van der Waals surface area (Å²) in [6.07, 6.45) is 2.28. The van der Waals surface area contributed by atoms with Crippen molar-refractivity contribution in [1.29, 1.82) is 0 Å². The van der Waals surface area contributed by atoms with E-state index in [4.69, 9.17) is 4.74 Å². The smallest absolute Gasteiger partial charge is 0.334 e. The molecule has 0 saturated carbocycles. The van der Waals surface area contributed by atoms with Gasteiger partial charge in [-0.15, -0.1) is 0 Å². The lowest BCUT2D eigenvalue weighted by molar-refractivity contribution is -0.152. The van der Waals surface area contributed by atoms with Gasteiger partial charge in [-0.2, -0.15) is 0 Å². The van der Waals surface area contributed by atoms with Gasteiger partial charge in [-0.1, -0.05) is 26.8 Å². The van der Waals surface area contributed by atoms with Crippen LogP contribution < -0.4 is 0 Å². The van der Waals surface area contributed by atoms with Crippen LogP contribution >= 0.6 is 0 Å². The van der Waals surface area contributed by atoms with Gasteiger partial charge in [0.2, 0.25) is 0 Å². The first-order valence-corrected chi connectivity index (χ1v) is 5.08. The van der Waals surface area contributed by atoms with Crippen molar-refractivity contribution in [2.45, 2.75) is 39.3 Å². The van der Waals surface area contributed by atoms with E-state index in [-0.39, 0.29) is 12.2 Å². The second kappa shape index (κ2) is 6.60. The molecule has 0 aliphatic carbocycles. The Bertz CT molecular complexity index is 199. The zero-order valence-corrected chi connectivity index (χ0v) is 9.67. The molecule has 0 N–H and O–H groups in total. The third kappa shape index (κ3) is 4.42. The normalized spacial score (nSPS) is 12.6. The molecule has 0 heterocycles. The van der Waals surface area contributed by atoms with Crippen molar-refractivity contribution in [2.24, 2.45) is 0 Å². The Balaban J connectivity index is 4.08. The van der Waals surface area contributed by atoms with Gasteiger partial charge in [0.05, 0.1) is 0 Å². The van der Waals surface area contributed by atoms with Crippen LogP contribution in [-0.2, 0) is 9.53 Å². The molecule has 0 amide bonds. The molecule has 0 fully saturated rings. The number of rotatable bonds is 6. The van der Waals surface area contributed by atoms with Crippen LogP contribution in [0.15, 0.2) is 12.2 Å². The first-order chi connectivity index (χ1) is 6.52. The molecule has 0 radical (unpaired) electrons. The maximum Gasteiger partial charge on any atom is 0.334 e. The maximum atomic E-state index is 11.5. The predicted molar refractivity (Wildman–Crippen MR) is 57.9 cm³/mol. The Kier molecular flexibility index (Phi) is 6.21. The van der Waals surface area contributed by atoms with Crippen molar-refractivity contribution in [3.8, 4) is 0 Å². The van der Waals surface area contributed by atoms with Crippen LogP contribution in [0.2, 0.25) is 0 Å². The number of ether oxygens (including phenoxy) is 1. The number of carbonyl (C=O) groups excluding carboxylic acids is 1. The van der Waals surface area contributed by atoms with Crippen LogP contribution in [0.4, 0.5) is 0 Å². The Morgan fingerprint density at radius 2 is 2.00 bits per heavy atom. The zero-order valence-electron chi connectivity index (χ0n) is 9.67. The van der Waals surface area contributed by atoms with E-state index >= 15 is 0 Å².